The van der Waals surface area contributed by atoms with Crippen molar-refractivity contribution in [3.8, 4) is 0 Å². The number of carbonyl (C=O) groups is 1. The van der Waals surface area contributed by atoms with Crippen molar-refractivity contribution >= 4 is 35.1 Å². The van der Waals surface area contributed by atoms with Crippen LogP contribution in [-0.4, -0.2) is 21.6 Å². The van der Waals surface area contributed by atoms with Crippen LogP contribution in [0.5, 0.6) is 0 Å². The molecule has 28 heavy (non-hydrogen) atoms. The van der Waals surface area contributed by atoms with Gasteiger partial charge in [-0.15, -0.1) is 11.8 Å². The Bertz CT molecular complexity index is 990. The number of rotatable bonds is 8. The number of carbonyl (C=O) groups excluding carboxylic acids is 1. The number of para-hydroxylation sites is 1. The Morgan fingerprint density at radius 1 is 1.07 bits per heavy atom. The van der Waals surface area contributed by atoms with Crippen LogP contribution >= 0.6 is 23.5 Å². The van der Waals surface area contributed by atoms with E-state index in [4.69, 9.17) is 0 Å². The second kappa shape index (κ2) is 10.1. The topological polar surface area (TPSA) is 74.8 Å². The van der Waals surface area contributed by atoms with Crippen molar-refractivity contribution in [1.29, 1.82) is 0 Å². The second-order valence-corrected chi connectivity index (χ2v) is 8.00. The van der Waals surface area contributed by atoms with Gasteiger partial charge in [0.25, 0.3) is 5.56 Å². The molecule has 0 aliphatic heterocycles. The molecular formula is C21H21N3O2S2. The van der Waals surface area contributed by atoms with Crippen LogP contribution in [0.2, 0.25) is 0 Å². The first-order valence-corrected chi connectivity index (χ1v) is 10.9. The molecule has 0 atom stereocenters. The van der Waals surface area contributed by atoms with Gasteiger partial charge < -0.3 is 10.3 Å². The van der Waals surface area contributed by atoms with E-state index in [0.717, 1.165) is 22.6 Å². The second-order valence-electron chi connectivity index (χ2n) is 5.99. The molecule has 3 aromatic rings. The third-order valence-electron chi connectivity index (χ3n) is 3.92. The van der Waals surface area contributed by atoms with Gasteiger partial charge >= 0.3 is 0 Å². The lowest BCUT2D eigenvalue weighted by Gasteiger charge is -2.09. The number of nitrogens with zero attached hydrogens (tertiary/aromatic N) is 1. The predicted octanol–water partition coefficient (Wildman–Crippen LogP) is 4.36. The molecule has 0 saturated heterocycles. The van der Waals surface area contributed by atoms with Crippen LogP contribution in [-0.2, 0) is 17.0 Å². The number of hydrogen-bond acceptors (Lipinski definition) is 5. The van der Waals surface area contributed by atoms with Crippen LogP contribution in [0, 0.1) is 0 Å². The molecule has 0 bridgehead atoms. The van der Waals surface area contributed by atoms with Crippen LogP contribution in [0.25, 0.3) is 0 Å². The van der Waals surface area contributed by atoms with E-state index >= 15 is 0 Å². The molecule has 1 aromatic heterocycles. The number of aryl methyl sites for hydroxylation is 1. The number of thioether (sulfide) groups is 2. The number of aromatic nitrogens is 2. The summed E-state index contributed by atoms with van der Waals surface area (Å²) in [5.74, 6) is 0.644. The Morgan fingerprint density at radius 2 is 1.82 bits per heavy atom. The highest BCUT2D eigenvalue weighted by Crippen LogP contribution is 2.22. The Kier molecular flexibility index (Phi) is 7.33. The van der Waals surface area contributed by atoms with Gasteiger partial charge in [0.2, 0.25) is 5.91 Å². The van der Waals surface area contributed by atoms with Crippen LogP contribution in [0.4, 0.5) is 5.69 Å². The average molecular weight is 412 g/mol. The summed E-state index contributed by atoms with van der Waals surface area (Å²) in [6.07, 6.45) is 0.847. The van der Waals surface area contributed by atoms with Gasteiger partial charge in [0, 0.05) is 22.4 Å². The molecule has 2 N–H and O–H groups in total. The van der Waals surface area contributed by atoms with Crippen molar-refractivity contribution in [3.63, 3.8) is 0 Å². The minimum atomic E-state index is -0.210. The number of hydrogen-bond donors (Lipinski definition) is 2. The molecule has 5 nitrogen and oxygen atoms in total. The zero-order chi connectivity index (χ0) is 19.8. The van der Waals surface area contributed by atoms with E-state index in [0.29, 0.717) is 16.6 Å². The summed E-state index contributed by atoms with van der Waals surface area (Å²) in [7, 11) is 0. The van der Waals surface area contributed by atoms with Gasteiger partial charge in [0.1, 0.15) is 0 Å². The smallest absolute Gasteiger partial charge is 0.251 e. The molecule has 144 valence electrons. The maximum atomic E-state index is 12.3. The third-order valence-corrected chi connectivity index (χ3v) is 5.83. The minimum absolute atomic E-state index is 0.127. The van der Waals surface area contributed by atoms with Crippen molar-refractivity contribution < 1.29 is 4.79 Å². The highest BCUT2D eigenvalue weighted by Gasteiger charge is 2.09. The summed E-state index contributed by atoms with van der Waals surface area (Å²) in [4.78, 5) is 32.5. The maximum absolute atomic E-state index is 12.3. The minimum Gasteiger partial charge on any atom is -0.325 e. The fraction of sp³-hybridized carbons (Fsp3) is 0.190. The van der Waals surface area contributed by atoms with Crippen LogP contribution in [0.3, 0.4) is 0 Å². The largest absolute Gasteiger partial charge is 0.325 e. The molecule has 1 amide bonds. The fourth-order valence-electron chi connectivity index (χ4n) is 2.57. The van der Waals surface area contributed by atoms with E-state index in [1.807, 2.05) is 61.5 Å². The Balaban J connectivity index is 1.58. The first-order chi connectivity index (χ1) is 13.6. The Morgan fingerprint density at radius 3 is 2.61 bits per heavy atom. The SMILES string of the molecule is CCc1ccccc1NC(=O)CSc1nc(CSc2ccccc2)cc(=O)[nH]1. The molecule has 0 fully saturated rings. The number of benzene rings is 2. The lowest BCUT2D eigenvalue weighted by molar-refractivity contribution is -0.113. The van der Waals surface area contributed by atoms with E-state index in [2.05, 4.69) is 15.3 Å². The monoisotopic (exact) mass is 411 g/mol. The number of anilines is 1. The fourth-order valence-corrected chi connectivity index (χ4v) is 4.08. The lowest BCUT2D eigenvalue weighted by Crippen LogP contribution is -2.16. The molecule has 0 unspecified atom stereocenters. The van der Waals surface area contributed by atoms with Crippen LogP contribution in [0.1, 0.15) is 18.2 Å². The summed E-state index contributed by atoms with van der Waals surface area (Å²) < 4.78 is 0. The zero-order valence-electron chi connectivity index (χ0n) is 15.5. The molecule has 1 heterocycles. The number of H-pyrrole nitrogens is 1. The summed E-state index contributed by atoms with van der Waals surface area (Å²) in [6.45, 7) is 2.05. The predicted molar refractivity (Wildman–Crippen MR) is 116 cm³/mol. The van der Waals surface area contributed by atoms with Gasteiger partial charge in [-0.05, 0) is 30.2 Å². The van der Waals surface area contributed by atoms with Crippen molar-refractivity contribution in [2.24, 2.45) is 0 Å². The van der Waals surface area contributed by atoms with E-state index in [1.54, 1.807) is 11.8 Å². The summed E-state index contributed by atoms with van der Waals surface area (Å²) in [6, 6.07) is 19.2. The normalized spacial score (nSPS) is 10.6. The van der Waals surface area contributed by atoms with Crippen LogP contribution in [0.15, 0.2) is 75.5 Å². The lowest BCUT2D eigenvalue weighted by atomic mass is 10.1. The molecule has 2 aromatic carbocycles. The van der Waals surface area contributed by atoms with Gasteiger partial charge in [-0.2, -0.15) is 0 Å². The van der Waals surface area contributed by atoms with Crippen molar-refractivity contribution in [2.75, 3.05) is 11.1 Å². The quantitative estimate of drug-likeness (QED) is 0.426. The number of nitrogens with one attached hydrogen (secondary N) is 2. The standard InChI is InChI=1S/C21H21N3O2S2/c1-2-15-8-6-7-11-18(15)23-20(26)14-28-21-22-16(12-19(25)24-21)13-27-17-9-4-3-5-10-17/h3-12H,2,13-14H2,1H3,(H,23,26)(H,22,24,25). The van der Waals surface area contributed by atoms with E-state index in [-0.39, 0.29) is 17.2 Å². The zero-order valence-corrected chi connectivity index (χ0v) is 17.1. The van der Waals surface area contributed by atoms with Crippen molar-refractivity contribution in [2.45, 2.75) is 29.1 Å². The molecule has 0 aliphatic rings. The average Bonchev–Trinajstić information content (AvgIpc) is 2.71. The molecule has 0 spiro atoms. The summed E-state index contributed by atoms with van der Waals surface area (Å²) in [5.41, 5.74) is 2.40. The van der Waals surface area contributed by atoms with Crippen molar-refractivity contribution in [1.82, 2.24) is 9.97 Å². The first-order valence-electron chi connectivity index (χ1n) is 8.92. The van der Waals surface area contributed by atoms with E-state index < -0.39 is 0 Å². The third kappa shape index (κ3) is 6.00. The highest BCUT2D eigenvalue weighted by molar-refractivity contribution is 7.99. The van der Waals surface area contributed by atoms with Gasteiger partial charge in [-0.25, -0.2) is 4.98 Å². The van der Waals surface area contributed by atoms with Gasteiger partial charge in [-0.3, -0.25) is 9.59 Å². The van der Waals surface area contributed by atoms with E-state index in [9.17, 15) is 9.59 Å². The molecule has 0 aliphatic carbocycles. The first kappa shape index (κ1) is 20.2. The molecule has 0 saturated carbocycles. The number of aromatic amines is 1. The van der Waals surface area contributed by atoms with E-state index in [1.165, 1.54) is 17.8 Å². The Labute approximate surface area is 172 Å². The van der Waals surface area contributed by atoms with Gasteiger partial charge in [0.05, 0.1) is 11.4 Å². The van der Waals surface area contributed by atoms with Crippen LogP contribution < -0.4 is 10.9 Å². The molecule has 3 rings (SSSR count). The summed E-state index contributed by atoms with van der Waals surface area (Å²) in [5, 5.41) is 3.38. The molecular weight excluding hydrogens is 390 g/mol. The molecule has 0 radical (unpaired) electrons. The highest BCUT2D eigenvalue weighted by atomic mass is 32.2. The maximum Gasteiger partial charge on any atom is 0.251 e. The Hall–Kier alpha value is -2.51. The summed E-state index contributed by atoms with van der Waals surface area (Å²) >= 11 is 2.84. The number of amides is 1. The van der Waals surface area contributed by atoms with Gasteiger partial charge in [-0.1, -0.05) is 55.1 Å². The molecule has 7 heteroatoms. The van der Waals surface area contributed by atoms with Crippen molar-refractivity contribution in [3.05, 3.63) is 82.3 Å². The van der Waals surface area contributed by atoms with Gasteiger partial charge in [0.15, 0.2) is 5.16 Å².